The standard InChI is InChI=1S/C5H4O/c1-4(6)5-2-3-5/h2-3H,1H2/p+1. The van der Waals surface area contributed by atoms with Crippen molar-refractivity contribution in [3.05, 3.63) is 24.3 Å². The topological polar surface area (TPSA) is 20.2 Å². The summed E-state index contributed by atoms with van der Waals surface area (Å²) in [5, 5.41) is 8.40. The molecule has 0 saturated carbocycles. The summed E-state index contributed by atoms with van der Waals surface area (Å²) >= 11 is 0. The molecule has 6 heavy (non-hydrogen) atoms. The first-order valence-corrected chi connectivity index (χ1v) is 1.74. The summed E-state index contributed by atoms with van der Waals surface area (Å²) in [7, 11) is 0. The van der Waals surface area contributed by atoms with Gasteiger partial charge in [0.15, 0.2) is 0 Å². The largest absolute Gasteiger partial charge is 0.455 e. The monoisotopic (exact) mass is 81.0 g/mol. The summed E-state index contributed by atoms with van der Waals surface area (Å²) in [4.78, 5) is 0. The van der Waals surface area contributed by atoms with Crippen LogP contribution in [0, 0.1) is 0 Å². The summed E-state index contributed by atoms with van der Waals surface area (Å²) < 4.78 is 0. The third-order valence-corrected chi connectivity index (χ3v) is 0.667. The molecule has 1 aromatic rings. The average molecular weight is 81.1 g/mol. The van der Waals surface area contributed by atoms with E-state index in [1.165, 1.54) is 0 Å². The molecule has 0 radical (unpaired) electrons. The lowest BCUT2D eigenvalue weighted by Gasteiger charge is -1.65. The van der Waals surface area contributed by atoms with E-state index in [0.29, 0.717) is 0 Å². The van der Waals surface area contributed by atoms with E-state index >= 15 is 0 Å². The summed E-state index contributed by atoms with van der Waals surface area (Å²) in [5.41, 5.74) is 0.870. The average Bonchev–Trinajstić information content (AvgIpc) is 2.06. The first-order valence-electron chi connectivity index (χ1n) is 1.74. The molecule has 30 valence electrons. The van der Waals surface area contributed by atoms with Crippen LogP contribution in [0.1, 0.15) is 5.56 Å². The Balaban J connectivity index is 2.62. The van der Waals surface area contributed by atoms with Gasteiger partial charge in [-0.25, -0.2) is 0 Å². The van der Waals surface area contributed by atoms with E-state index in [1.807, 2.05) is 12.1 Å². The van der Waals surface area contributed by atoms with E-state index in [1.54, 1.807) is 0 Å². The van der Waals surface area contributed by atoms with E-state index in [9.17, 15) is 0 Å². The van der Waals surface area contributed by atoms with Crippen LogP contribution in [0.15, 0.2) is 18.7 Å². The van der Waals surface area contributed by atoms with Crippen molar-refractivity contribution in [1.29, 1.82) is 0 Å². The van der Waals surface area contributed by atoms with Crippen molar-refractivity contribution >= 4 is 5.76 Å². The fourth-order valence-electron chi connectivity index (χ4n) is 0.234. The molecule has 0 fully saturated rings. The SMILES string of the molecule is C=C(O)c1c[cH+]1. The van der Waals surface area contributed by atoms with E-state index < -0.39 is 0 Å². The van der Waals surface area contributed by atoms with Gasteiger partial charge in [-0.05, 0) is 6.58 Å². The zero-order valence-electron chi connectivity index (χ0n) is 3.31. The Labute approximate surface area is 36.2 Å². The molecule has 0 saturated heterocycles. The summed E-state index contributed by atoms with van der Waals surface area (Å²) in [6.07, 6.45) is 0. The second-order valence-electron chi connectivity index (χ2n) is 1.24. The van der Waals surface area contributed by atoms with Gasteiger partial charge in [0, 0.05) is 0 Å². The van der Waals surface area contributed by atoms with Gasteiger partial charge in [-0.2, -0.15) is 0 Å². The highest BCUT2D eigenvalue weighted by Crippen LogP contribution is 2.13. The van der Waals surface area contributed by atoms with E-state index in [0.717, 1.165) is 5.56 Å². The Hall–Kier alpha value is -0.850. The van der Waals surface area contributed by atoms with E-state index in [4.69, 9.17) is 5.11 Å². The number of hydrogen-bond acceptors (Lipinski definition) is 1. The normalized spacial score (nSPS) is 9.33. The van der Waals surface area contributed by atoms with Crippen molar-refractivity contribution < 1.29 is 5.11 Å². The summed E-state index contributed by atoms with van der Waals surface area (Å²) in [5.74, 6) is 0.176. The predicted molar refractivity (Wildman–Crippen MR) is 24.9 cm³/mol. The molecule has 1 heteroatoms. The molecule has 0 aliphatic carbocycles. The molecule has 0 aliphatic heterocycles. The van der Waals surface area contributed by atoms with Gasteiger partial charge in [-0.3, -0.25) is 0 Å². The molecule has 0 aliphatic rings. The Kier molecular flexibility index (Phi) is 0.449. The van der Waals surface area contributed by atoms with Crippen molar-refractivity contribution in [3.63, 3.8) is 0 Å². The number of rotatable bonds is 1. The molecule has 1 N–H and O–H groups in total. The van der Waals surface area contributed by atoms with Gasteiger partial charge in [-0.15, -0.1) is 0 Å². The van der Waals surface area contributed by atoms with Crippen molar-refractivity contribution in [1.82, 2.24) is 0 Å². The van der Waals surface area contributed by atoms with Crippen LogP contribution in [-0.4, -0.2) is 5.11 Å². The van der Waals surface area contributed by atoms with E-state index in [2.05, 4.69) is 6.58 Å². The molecule has 0 bridgehead atoms. The zero-order chi connectivity index (χ0) is 4.57. The number of aliphatic hydroxyl groups is 1. The van der Waals surface area contributed by atoms with E-state index in [-0.39, 0.29) is 5.76 Å². The minimum absolute atomic E-state index is 0.176. The minimum atomic E-state index is 0.176. The maximum Gasteiger partial charge on any atom is 0.238 e. The second kappa shape index (κ2) is 0.805. The first-order chi connectivity index (χ1) is 2.80. The van der Waals surface area contributed by atoms with Crippen molar-refractivity contribution in [2.75, 3.05) is 0 Å². The van der Waals surface area contributed by atoms with Gasteiger partial charge < -0.3 is 5.11 Å². The second-order valence-corrected chi connectivity index (χ2v) is 1.24. The number of hydrogen-bond donors (Lipinski definition) is 1. The Morgan fingerprint density at radius 1 is 2.00 bits per heavy atom. The summed E-state index contributed by atoms with van der Waals surface area (Å²) in [6, 6.07) is 3.62. The van der Waals surface area contributed by atoms with Crippen molar-refractivity contribution in [3.8, 4) is 0 Å². The molecule has 0 spiro atoms. The Bertz CT molecular complexity index is 121. The fourth-order valence-corrected chi connectivity index (χ4v) is 0.234. The quantitative estimate of drug-likeness (QED) is 0.400. The minimum Gasteiger partial charge on any atom is -0.455 e. The summed E-state index contributed by atoms with van der Waals surface area (Å²) in [6.45, 7) is 3.27. The van der Waals surface area contributed by atoms with Crippen molar-refractivity contribution in [2.45, 2.75) is 0 Å². The highest BCUT2D eigenvalue weighted by Gasteiger charge is 2.13. The van der Waals surface area contributed by atoms with Gasteiger partial charge in [0.1, 0.15) is 12.1 Å². The number of aliphatic hydroxyl groups excluding tert-OH is 1. The molecule has 0 unspecified atom stereocenters. The van der Waals surface area contributed by atoms with Crippen LogP contribution in [0.25, 0.3) is 5.76 Å². The van der Waals surface area contributed by atoms with Crippen LogP contribution in [0.2, 0.25) is 0 Å². The fraction of sp³-hybridized carbons (Fsp3) is 0. The van der Waals surface area contributed by atoms with Gasteiger partial charge in [0.05, 0.1) is 0 Å². The van der Waals surface area contributed by atoms with Gasteiger partial charge in [-0.1, -0.05) is 0 Å². The smallest absolute Gasteiger partial charge is 0.238 e. The molecule has 1 rings (SSSR count). The zero-order valence-corrected chi connectivity index (χ0v) is 3.31. The molecule has 1 aromatic carbocycles. The van der Waals surface area contributed by atoms with Gasteiger partial charge in [0.25, 0.3) is 0 Å². The van der Waals surface area contributed by atoms with Crippen LogP contribution in [0.5, 0.6) is 0 Å². The maximum absolute atomic E-state index is 8.40. The van der Waals surface area contributed by atoms with Gasteiger partial charge in [0.2, 0.25) is 11.3 Å². The molecule has 0 amide bonds. The molecule has 1 nitrogen and oxygen atoms in total. The third kappa shape index (κ3) is 0.385. The molecular weight excluding hydrogens is 76.1 g/mol. The highest BCUT2D eigenvalue weighted by atomic mass is 16.3. The Morgan fingerprint density at radius 3 is 2.50 bits per heavy atom. The van der Waals surface area contributed by atoms with Crippen LogP contribution >= 0.6 is 0 Å². The predicted octanol–water partition coefficient (Wildman–Crippen LogP) is 1.37. The maximum atomic E-state index is 8.40. The molecular formula is C5H5O+. The van der Waals surface area contributed by atoms with Crippen LogP contribution in [0.4, 0.5) is 0 Å². The molecule has 0 aromatic heterocycles. The third-order valence-electron chi connectivity index (χ3n) is 0.667. The van der Waals surface area contributed by atoms with Crippen molar-refractivity contribution in [2.24, 2.45) is 0 Å². The van der Waals surface area contributed by atoms with Crippen LogP contribution in [-0.2, 0) is 0 Å². The lowest BCUT2D eigenvalue weighted by atomic mass is 10.5. The van der Waals surface area contributed by atoms with Crippen LogP contribution in [0.3, 0.4) is 0 Å². The molecule has 0 atom stereocenters. The molecule has 0 heterocycles. The van der Waals surface area contributed by atoms with Gasteiger partial charge >= 0.3 is 0 Å². The van der Waals surface area contributed by atoms with Crippen LogP contribution < -0.4 is 0 Å². The lowest BCUT2D eigenvalue weighted by Crippen LogP contribution is -1.60. The lowest BCUT2D eigenvalue weighted by molar-refractivity contribution is 0.516. The first kappa shape index (κ1) is 3.34. The highest BCUT2D eigenvalue weighted by molar-refractivity contribution is 5.61. The Morgan fingerprint density at radius 2 is 2.50 bits per heavy atom.